The van der Waals surface area contributed by atoms with Gasteiger partial charge in [0, 0.05) is 12.5 Å². The third-order valence-corrected chi connectivity index (χ3v) is 8.40. The number of piperidine rings is 1. The van der Waals surface area contributed by atoms with Crippen molar-refractivity contribution in [3.8, 4) is 6.07 Å². The Labute approximate surface area is 236 Å². The molecule has 216 valence electrons. The maximum Gasteiger partial charge on any atom is 0.495 e. The van der Waals surface area contributed by atoms with E-state index in [-0.39, 0.29) is 29.9 Å². The first-order valence-electron chi connectivity index (χ1n) is 13.8. The van der Waals surface area contributed by atoms with Crippen LogP contribution in [-0.2, 0) is 30.0 Å². The Morgan fingerprint density at radius 2 is 1.82 bits per heavy atom. The zero-order valence-corrected chi connectivity index (χ0v) is 24.7. The van der Waals surface area contributed by atoms with Crippen LogP contribution in [0.25, 0.3) is 0 Å². The minimum atomic E-state index is -0.875. The number of nitrogens with one attached hydrogen (secondary N) is 1. The molecule has 11 heteroatoms. The number of ether oxygens (including phenoxy) is 2. The Balaban J connectivity index is 1.51. The summed E-state index contributed by atoms with van der Waals surface area (Å²) in [6, 6.07) is 5.73. The van der Waals surface area contributed by atoms with E-state index in [4.69, 9.17) is 18.8 Å². The van der Waals surface area contributed by atoms with Crippen molar-refractivity contribution >= 4 is 30.6 Å². The molecule has 1 aliphatic carbocycles. The number of hydrogen-bond donors (Lipinski definition) is 1. The number of esters is 1. The van der Waals surface area contributed by atoms with E-state index < -0.39 is 48.1 Å². The van der Waals surface area contributed by atoms with Gasteiger partial charge in [-0.3, -0.25) is 9.69 Å². The van der Waals surface area contributed by atoms with E-state index in [2.05, 4.69) is 11.4 Å². The van der Waals surface area contributed by atoms with E-state index in [1.807, 2.05) is 27.7 Å². The van der Waals surface area contributed by atoms with Crippen molar-refractivity contribution in [3.05, 3.63) is 29.3 Å². The van der Waals surface area contributed by atoms with Gasteiger partial charge in [0.05, 0.1) is 29.9 Å². The zero-order chi connectivity index (χ0) is 29.6. The van der Waals surface area contributed by atoms with E-state index in [0.717, 1.165) is 19.3 Å². The van der Waals surface area contributed by atoms with Crippen LogP contribution in [0, 0.1) is 17.2 Å². The van der Waals surface area contributed by atoms with Gasteiger partial charge in [-0.25, -0.2) is 9.59 Å². The molecular weight excluding hydrogens is 513 g/mol. The smallest absolute Gasteiger partial charge is 0.465 e. The lowest BCUT2D eigenvalue weighted by atomic mass is 9.75. The van der Waals surface area contributed by atoms with Crippen LogP contribution in [0.1, 0.15) is 83.7 Å². The lowest BCUT2D eigenvalue weighted by Crippen LogP contribution is -2.55. The molecule has 4 rings (SSSR count). The van der Waals surface area contributed by atoms with Crippen LogP contribution < -0.4 is 10.8 Å². The van der Waals surface area contributed by atoms with Gasteiger partial charge in [-0.15, -0.1) is 0 Å². The lowest BCUT2D eigenvalue weighted by Gasteiger charge is -2.35. The van der Waals surface area contributed by atoms with Gasteiger partial charge in [-0.2, -0.15) is 5.26 Å². The highest BCUT2D eigenvalue weighted by Gasteiger charge is 2.54. The number of carbonyl (C=O) groups is 3. The van der Waals surface area contributed by atoms with Crippen molar-refractivity contribution in [2.24, 2.45) is 5.92 Å². The maximum absolute atomic E-state index is 13.4. The molecule has 40 heavy (non-hydrogen) atoms. The summed E-state index contributed by atoms with van der Waals surface area (Å²) < 4.78 is 22.9. The van der Waals surface area contributed by atoms with E-state index in [0.29, 0.717) is 11.0 Å². The topological polar surface area (TPSA) is 127 Å². The van der Waals surface area contributed by atoms with Gasteiger partial charge >= 0.3 is 19.2 Å². The summed E-state index contributed by atoms with van der Waals surface area (Å²) in [7, 11) is 0.531. The zero-order valence-electron chi connectivity index (χ0n) is 24.7. The monoisotopic (exact) mass is 553 g/mol. The maximum atomic E-state index is 13.4. The van der Waals surface area contributed by atoms with Gasteiger partial charge < -0.3 is 24.1 Å². The number of fused-ring (bicyclic) bond motifs is 2. The van der Waals surface area contributed by atoms with Gasteiger partial charge in [-0.05, 0) is 90.7 Å². The van der Waals surface area contributed by atoms with Crippen molar-refractivity contribution in [1.82, 2.24) is 10.2 Å². The number of nitriles is 1. The second-order valence-electron chi connectivity index (χ2n) is 13.0. The van der Waals surface area contributed by atoms with E-state index in [1.165, 1.54) is 7.11 Å². The van der Waals surface area contributed by atoms with E-state index >= 15 is 0 Å². The average molecular weight is 553 g/mol. The van der Waals surface area contributed by atoms with Gasteiger partial charge in [0.25, 0.3) is 0 Å². The molecule has 2 saturated heterocycles. The minimum absolute atomic E-state index is 0.0296. The number of methoxy groups -OCH3 is 1. The van der Waals surface area contributed by atoms with Gasteiger partial charge in [0.2, 0.25) is 5.91 Å². The highest BCUT2D eigenvalue weighted by Crippen LogP contribution is 2.43. The van der Waals surface area contributed by atoms with Crippen molar-refractivity contribution in [2.75, 3.05) is 7.11 Å². The van der Waals surface area contributed by atoms with Crippen molar-refractivity contribution in [3.63, 3.8) is 0 Å². The summed E-state index contributed by atoms with van der Waals surface area (Å²) >= 11 is 0. The Morgan fingerprint density at radius 3 is 2.40 bits per heavy atom. The van der Waals surface area contributed by atoms with Crippen LogP contribution in [0.5, 0.6) is 0 Å². The fraction of sp³-hybridized carbons (Fsp3) is 0.655. The van der Waals surface area contributed by atoms with Crippen molar-refractivity contribution < 1.29 is 33.2 Å². The van der Waals surface area contributed by atoms with Crippen LogP contribution in [0.3, 0.4) is 0 Å². The quantitative estimate of drug-likeness (QED) is 0.421. The Kier molecular flexibility index (Phi) is 8.00. The molecule has 1 N–H and O–H groups in total. The normalized spacial score (nSPS) is 25.3. The molecule has 2 amide bonds. The molecule has 3 aliphatic rings. The number of nitrogens with zero attached hydrogens (tertiary/aromatic N) is 2. The largest absolute Gasteiger partial charge is 0.495 e. The van der Waals surface area contributed by atoms with E-state index in [9.17, 15) is 19.6 Å². The van der Waals surface area contributed by atoms with Crippen LogP contribution in [-0.4, -0.2) is 72.0 Å². The summed E-state index contributed by atoms with van der Waals surface area (Å²) in [6.07, 6.45) is 2.08. The molecule has 2 bridgehead atoms. The van der Waals surface area contributed by atoms with Crippen LogP contribution in [0.4, 0.5) is 4.79 Å². The molecule has 1 aromatic carbocycles. The summed E-state index contributed by atoms with van der Waals surface area (Å²) in [5, 5.41) is 12.7. The number of likely N-dealkylation sites (tertiary alicyclic amines) is 1. The number of hydrogen-bond acceptors (Lipinski definition) is 8. The van der Waals surface area contributed by atoms with Gasteiger partial charge in [0.15, 0.2) is 0 Å². The first kappa shape index (κ1) is 29.9. The molecule has 0 aromatic heterocycles. The second kappa shape index (κ2) is 10.7. The van der Waals surface area contributed by atoms with Crippen molar-refractivity contribution in [2.45, 2.75) is 109 Å². The summed E-state index contributed by atoms with van der Waals surface area (Å²) in [5.74, 6) is -0.896. The number of benzene rings is 1. The minimum Gasteiger partial charge on any atom is -0.465 e. The molecule has 2 aliphatic heterocycles. The Hall–Kier alpha value is -3.10. The standard InChI is InChI=1S/C29H40BN3O7/c1-27(2,3)38-26(36)33-20-11-10-18(15-20)23(33)24(34)32-19(16-31)13-17-9-12-22(21(14-17)25(35)37-8)30-39-28(4,5)29(6,7)40-30/h9,12,14,18-20,23H,10-11,13,15H2,1-8H3,(H,32,34)/t18-,19?,20+,23-/m0/s1. The summed E-state index contributed by atoms with van der Waals surface area (Å²) in [6.45, 7) is 13.1. The molecule has 0 radical (unpaired) electrons. The fourth-order valence-electron chi connectivity index (χ4n) is 5.72. The number of rotatable bonds is 6. The fourth-order valence-corrected chi connectivity index (χ4v) is 5.72. The third kappa shape index (κ3) is 5.84. The summed E-state index contributed by atoms with van der Waals surface area (Å²) in [5.41, 5.74) is -0.407. The molecule has 1 saturated carbocycles. The molecule has 1 aromatic rings. The SMILES string of the molecule is COC(=O)c1cc(CC(C#N)NC(=O)[C@@H]2[C@H]3CC[C@H](C3)N2C(=O)OC(C)(C)C)ccc1B1OC(C)(C)C(C)(C)O1. The molecular formula is C29H40BN3O7. The number of carbonyl (C=O) groups excluding carboxylic acids is 3. The molecule has 0 spiro atoms. The van der Waals surface area contributed by atoms with Gasteiger partial charge in [-0.1, -0.05) is 12.1 Å². The average Bonchev–Trinajstić information content (AvgIpc) is 3.53. The molecule has 1 unspecified atom stereocenters. The van der Waals surface area contributed by atoms with Crippen LogP contribution in [0.15, 0.2) is 18.2 Å². The molecule has 2 heterocycles. The molecule has 10 nitrogen and oxygen atoms in total. The first-order chi connectivity index (χ1) is 18.6. The molecule has 4 atom stereocenters. The first-order valence-corrected chi connectivity index (χ1v) is 13.8. The highest BCUT2D eigenvalue weighted by molar-refractivity contribution is 6.63. The highest BCUT2D eigenvalue weighted by atomic mass is 16.7. The lowest BCUT2D eigenvalue weighted by molar-refractivity contribution is -0.128. The number of amides is 2. The van der Waals surface area contributed by atoms with Crippen LogP contribution in [0.2, 0.25) is 0 Å². The third-order valence-electron chi connectivity index (χ3n) is 8.40. The van der Waals surface area contributed by atoms with E-state index in [1.54, 1.807) is 43.9 Å². The predicted molar refractivity (Wildman–Crippen MR) is 148 cm³/mol. The predicted octanol–water partition coefficient (Wildman–Crippen LogP) is 3.11. The Bertz CT molecular complexity index is 1200. The Morgan fingerprint density at radius 1 is 1.18 bits per heavy atom. The van der Waals surface area contributed by atoms with Gasteiger partial charge in [0.1, 0.15) is 17.7 Å². The second-order valence-corrected chi connectivity index (χ2v) is 13.0. The summed E-state index contributed by atoms with van der Waals surface area (Å²) in [4.78, 5) is 40.7. The molecule has 3 fully saturated rings. The van der Waals surface area contributed by atoms with Crippen LogP contribution >= 0.6 is 0 Å². The van der Waals surface area contributed by atoms with Crippen molar-refractivity contribution in [1.29, 1.82) is 5.26 Å².